The van der Waals surface area contributed by atoms with Gasteiger partial charge < -0.3 is 16.0 Å². The van der Waals surface area contributed by atoms with Crippen LogP contribution in [0.1, 0.15) is 13.3 Å². The molecule has 3 N–H and O–H groups in total. The fraction of sp³-hybridized carbons (Fsp3) is 0.357. The van der Waals surface area contributed by atoms with Gasteiger partial charge in [0.25, 0.3) is 0 Å². The minimum absolute atomic E-state index is 0.0318. The summed E-state index contributed by atoms with van der Waals surface area (Å²) < 4.78 is 0. The number of anilines is 2. The van der Waals surface area contributed by atoms with Crippen LogP contribution in [0.2, 0.25) is 0 Å². The average molecular weight is 273 g/mol. The van der Waals surface area contributed by atoms with E-state index < -0.39 is 0 Å². The first-order valence-electron chi connectivity index (χ1n) is 6.62. The Morgan fingerprint density at radius 3 is 2.85 bits per heavy atom. The standard InChI is InChI=1S/C14H19N5O/c1-3-8-16-12(20)9-19(2)13-10-6-4-5-7-11(10)17-14(15)18-13/h4-7H,3,8-9H2,1-2H3,(H,16,20)(H2,15,17,18). The molecule has 1 aromatic carbocycles. The van der Waals surface area contributed by atoms with Crippen molar-refractivity contribution >= 4 is 28.6 Å². The molecule has 0 saturated carbocycles. The summed E-state index contributed by atoms with van der Waals surface area (Å²) in [5, 5.41) is 3.72. The third-order valence-corrected chi connectivity index (χ3v) is 2.91. The third-order valence-electron chi connectivity index (χ3n) is 2.91. The maximum absolute atomic E-state index is 11.8. The molecule has 0 aliphatic rings. The maximum Gasteiger partial charge on any atom is 0.239 e. The number of benzene rings is 1. The number of para-hydroxylation sites is 1. The van der Waals surface area contributed by atoms with Gasteiger partial charge in [-0.2, -0.15) is 4.98 Å². The van der Waals surface area contributed by atoms with Crippen molar-refractivity contribution in [1.29, 1.82) is 0 Å². The minimum Gasteiger partial charge on any atom is -0.368 e. The van der Waals surface area contributed by atoms with Crippen molar-refractivity contribution in [3.8, 4) is 0 Å². The van der Waals surface area contributed by atoms with Gasteiger partial charge in [0.05, 0.1) is 12.1 Å². The summed E-state index contributed by atoms with van der Waals surface area (Å²) in [5.74, 6) is 0.842. The van der Waals surface area contributed by atoms with Gasteiger partial charge in [-0.15, -0.1) is 0 Å². The Bertz CT molecular complexity index is 614. The molecule has 6 nitrogen and oxygen atoms in total. The highest BCUT2D eigenvalue weighted by molar-refractivity contribution is 5.92. The van der Waals surface area contributed by atoms with Crippen molar-refractivity contribution in [3.05, 3.63) is 24.3 Å². The lowest BCUT2D eigenvalue weighted by Gasteiger charge is -2.19. The fourth-order valence-electron chi connectivity index (χ4n) is 1.98. The summed E-state index contributed by atoms with van der Waals surface area (Å²) in [4.78, 5) is 22.0. The number of nitrogens with one attached hydrogen (secondary N) is 1. The van der Waals surface area contributed by atoms with Crippen LogP contribution in [-0.2, 0) is 4.79 Å². The number of carbonyl (C=O) groups is 1. The zero-order valence-corrected chi connectivity index (χ0v) is 11.8. The Hall–Kier alpha value is -2.37. The summed E-state index contributed by atoms with van der Waals surface area (Å²) in [6.45, 7) is 2.93. The molecule has 2 aromatic rings. The number of hydrogen-bond donors (Lipinski definition) is 2. The number of likely N-dealkylation sites (N-methyl/N-ethyl adjacent to an activating group) is 1. The Morgan fingerprint density at radius 1 is 1.35 bits per heavy atom. The lowest BCUT2D eigenvalue weighted by atomic mass is 10.2. The van der Waals surface area contributed by atoms with Gasteiger partial charge in [-0.25, -0.2) is 4.98 Å². The molecule has 0 atom stereocenters. The Balaban J connectivity index is 2.25. The normalized spacial score (nSPS) is 10.5. The molecule has 0 fully saturated rings. The van der Waals surface area contributed by atoms with E-state index in [1.54, 1.807) is 4.90 Å². The SMILES string of the molecule is CCCNC(=O)CN(C)c1nc(N)nc2ccccc12. The number of rotatable bonds is 5. The number of amides is 1. The monoisotopic (exact) mass is 273 g/mol. The van der Waals surface area contributed by atoms with E-state index in [1.165, 1.54) is 0 Å². The summed E-state index contributed by atoms with van der Waals surface area (Å²) in [7, 11) is 1.82. The number of nitrogens with two attached hydrogens (primary N) is 1. The number of fused-ring (bicyclic) bond motifs is 1. The second-order valence-electron chi connectivity index (χ2n) is 4.63. The quantitative estimate of drug-likeness (QED) is 0.854. The molecule has 0 aliphatic heterocycles. The Kier molecular flexibility index (Phi) is 4.34. The van der Waals surface area contributed by atoms with E-state index in [0.29, 0.717) is 12.4 Å². The molecule has 0 spiro atoms. The van der Waals surface area contributed by atoms with E-state index in [-0.39, 0.29) is 18.4 Å². The summed E-state index contributed by atoms with van der Waals surface area (Å²) >= 11 is 0. The second kappa shape index (κ2) is 6.18. The first kappa shape index (κ1) is 14.0. The number of carbonyl (C=O) groups excluding carboxylic acids is 1. The van der Waals surface area contributed by atoms with E-state index >= 15 is 0 Å². The van der Waals surface area contributed by atoms with Crippen LogP contribution in [-0.4, -0.2) is 36.0 Å². The third kappa shape index (κ3) is 3.14. The number of nitrogens with zero attached hydrogens (tertiary/aromatic N) is 3. The van der Waals surface area contributed by atoms with E-state index in [1.807, 2.05) is 38.2 Å². The molecule has 1 heterocycles. The topological polar surface area (TPSA) is 84.1 Å². The number of aromatic nitrogens is 2. The van der Waals surface area contributed by atoms with Gasteiger partial charge >= 0.3 is 0 Å². The highest BCUT2D eigenvalue weighted by Crippen LogP contribution is 2.23. The molecule has 106 valence electrons. The molecular weight excluding hydrogens is 254 g/mol. The second-order valence-corrected chi connectivity index (χ2v) is 4.63. The van der Waals surface area contributed by atoms with Crippen LogP contribution in [0.25, 0.3) is 10.9 Å². The number of nitrogen functional groups attached to an aromatic ring is 1. The van der Waals surface area contributed by atoms with Crippen molar-refractivity contribution in [2.45, 2.75) is 13.3 Å². The highest BCUT2D eigenvalue weighted by Gasteiger charge is 2.13. The van der Waals surface area contributed by atoms with Crippen molar-refractivity contribution in [2.75, 3.05) is 30.8 Å². The van der Waals surface area contributed by atoms with E-state index in [2.05, 4.69) is 15.3 Å². The molecule has 0 aliphatic carbocycles. The molecule has 20 heavy (non-hydrogen) atoms. The molecule has 2 rings (SSSR count). The van der Waals surface area contributed by atoms with Gasteiger partial charge in [-0.1, -0.05) is 19.1 Å². The van der Waals surface area contributed by atoms with Gasteiger partial charge in [0.2, 0.25) is 11.9 Å². The molecule has 0 unspecified atom stereocenters. The van der Waals surface area contributed by atoms with Crippen LogP contribution in [0.15, 0.2) is 24.3 Å². The molecule has 6 heteroatoms. The Morgan fingerprint density at radius 2 is 2.10 bits per heavy atom. The Labute approximate surface area is 118 Å². The van der Waals surface area contributed by atoms with E-state index in [4.69, 9.17) is 5.73 Å². The predicted molar refractivity (Wildman–Crippen MR) is 80.5 cm³/mol. The molecular formula is C14H19N5O. The van der Waals surface area contributed by atoms with Crippen LogP contribution < -0.4 is 16.0 Å². The first-order chi connectivity index (χ1) is 9.61. The van der Waals surface area contributed by atoms with Crippen molar-refractivity contribution in [3.63, 3.8) is 0 Å². The average Bonchev–Trinajstić information content (AvgIpc) is 2.44. The zero-order valence-electron chi connectivity index (χ0n) is 11.8. The summed E-state index contributed by atoms with van der Waals surface area (Å²) in [5.41, 5.74) is 6.50. The number of hydrogen-bond acceptors (Lipinski definition) is 5. The van der Waals surface area contributed by atoms with Gasteiger partial charge in [-0.05, 0) is 18.6 Å². The van der Waals surface area contributed by atoms with E-state index in [0.717, 1.165) is 17.3 Å². The van der Waals surface area contributed by atoms with Crippen LogP contribution in [0.3, 0.4) is 0 Å². The van der Waals surface area contributed by atoms with Gasteiger partial charge in [-0.3, -0.25) is 4.79 Å². The zero-order chi connectivity index (χ0) is 14.5. The van der Waals surface area contributed by atoms with Crippen molar-refractivity contribution in [1.82, 2.24) is 15.3 Å². The lowest BCUT2D eigenvalue weighted by Crippen LogP contribution is -2.36. The molecule has 0 saturated heterocycles. The lowest BCUT2D eigenvalue weighted by molar-refractivity contribution is -0.119. The smallest absolute Gasteiger partial charge is 0.239 e. The van der Waals surface area contributed by atoms with Gasteiger partial charge in [0, 0.05) is 19.0 Å². The van der Waals surface area contributed by atoms with Crippen LogP contribution >= 0.6 is 0 Å². The minimum atomic E-state index is -0.0318. The molecule has 1 aromatic heterocycles. The van der Waals surface area contributed by atoms with Crippen LogP contribution in [0.4, 0.5) is 11.8 Å². The largest absolute Gasteiger partial charge is 0.368 e. The van der Waals surface area contributed by atoms with Gasteiger partial charge in [0.1, 0.15) is 5.82 Å². The molecule has 0 bridgehead atoms. The summed E-state index contributed by atoms with van der Waals surface area (Å²) in [6, 6.07) is 7.61. The first-order valence-corrected chi connectivity index (χ1v) is 6.62. The summed E-state index contributed by atoms with van der Waals surface area (Å²) in [6.07, 6.45) is 0.916. The fourth-order valence-corrected chi connectivity index (χ4v) is 1.98. The highest BCUT2D eigenvalue weighted by atomic mass is 16.2. The molecule has 1 amide bonds. The van der Waals surface area contributed by atoms with E-state index in [9.17, 15) is 4.79 Å². The van der Waals surface area contributed by atoms with Gasteiger partial charge in [0.15, 0.2) is 0 Å². The van der Waals surface area contributed by atoms with Crippen molar-refractivity contribution < 1.29 is 4.79 Å². The van der Waals surface area contributed by atoms with Crippen LogP contribution in [0, 0.1) is 0 Å². The van der Waals surface area contributed by atoms with Crippen molar-refractivity contribution in [2.24, 2.45) is 0 Å². The maximum atomic E-state index is 11.8. The van der Waals surface area contributed by atoms with Crippen LogP contribution in [0.5, 0.6) is 0 Å². The predicted octanol–water partition coefficient (Wildman–Crippen LogP) is 1.17. The molecule has 0 radical (unpaired) electrons.